The smallest absolute Gasteiger partial charge is 0.158 e. The molecular formula is C17H24N6O2. The number of aliphatic hydroxyl groups is 1. The number of ether oxygens (including phenoxy) is 1. The van der Waals surface area contributed by atoms with E-state index < -0.39 is 0 Å². The van der Waals surface area contributed by atoms with Crippen LogP contribution in [-0.4, -0.2) is 56.1 Å². The number of nitrogens with zero attached hydrogens (tertiary/aromatic N) is 6. The molecule has 0 saturated carbocycles. The fraction of sp³-hybridized carbons (Fsp3) is 0.647. The predicted molar refractivity (Wildman–Crippen MR) is 91.3 cm³/mol. The van der Waals surface area contributed by atoms with Crippen molar-refractivity contribution in [3.63, 3.8) is 0 Å². The number of piperidine rings is 1. The minimum absolute atomic E-state index is 0.0725. The highest BCUT2D eigenvalue weighted by Crippen LogP contribution is 2.30. The van der Waals surface area contributed by atoms with E-state index in [1.165, 1.54) is 0 Å². The molecule has 0 aromatic carbocycles. The zero-order valence-electron chi connectivity index (χ0n) is 14.5. The maximum absolute atomic E-state index is 9.28. The van der Waals surface area contributed by atoms with Gasteiger partial charge in [-0.25, -0.2) is 9.97 Å². The van der Waals surface area contributed by atoms with Crippen molar-refractivity contribution in [1.82, 2.24) is 24.7 Å². The molecule has 2 aliphatic rings. The van der Waals surface area contributed by atoms with Crippen molar-refractivity contribution < 1.29 is 9.84 Å². The second-order valence-electron chi connectivity index (χ2n) is 6.81. The van der Waals surface area contributed by atoms with Crippen molar-refractivity contribution in [2.45, 2.75) is 37.7 Å². The molecule has 1 atom stereocenters. The Bertz CT molecular complexity index is 720. The average molecular weight is 344 g/mol. The first-order valence-corrected chi connectivity index (χ1v) is 8.90. The Balaban J connectivity index is 1.43. The van der Waals surface area contributed by atoms with Gasteiger partial charge in [-0.3, -0.25) is 0 Å². The van der Waals surface area contributed by atoms with Gasteiger partial charge in [-0.15, -0.1) is 10.2 Å². The molecule has 0 spiro atoms. The molecule has 0 aliphatic carbocycles. The lowest BCUT2D eigenvalue weighted by Gasteiger charge is -2.32. The normalized spacial score (nSPS) is 21.8. The van der Waals surface area contributed by atoms with E-state index in [1.807, 2.05) is 11.6 Å². The SMILES string of the molecule is Cn1c(CO)nnc1C1CCN(c2cc(C3CCOC3)ncn2)CC1. The van der Waals surface area contributed by atoms with Crippen LogP contribution in [0.1, 0.15) is 48.4 Å². The van der Waals surface area contributed by atoms with E-state index in [0.717, 1.165) is 62.9 Å². The van der Waals surface area contributed by atoms with Crippen LogP contribution in [0.15, 0.2) is 12.4 Å². The van der Waals surface area contributed by atoms with Gasteiger partial charge in [0.2, 0.25) is 0 Å². The highest BCUT2D eigenvalue weighted by molar-refractivity contribution is 5.40. The minimum Gasteiger partial charge on any atom is -0.388 e. The fourth-order valence-corrected chi connectivity index (χ4v) is 3.76. The number of anilines is 1. The van der Waals surface area contributed by atoms with E-state index in [-0.39, 0.29) is 6.61 Å². The maximum atomic E-state index is 9.28. The summed E-state index contributed by atoms with van der Waals surface area (Å²) in [7, 11) is 1.92. The lowest BCUT2D eigenvalue weighted by molar-refractivity contribution is 0.193. The Hall–Kier alpha value is -2.06. The van der Waals surface area contributed by atoms with E-state index in [0.29, 0.717) is 17.7 Å². The van der Waals surface area contributed by atoms with Gasteiger partial charge in [-0.05, 0) is 19.3 Å². The average Bonchev–Trinajstić information content (AvgIpc) is 3.32. The lowest BCUT2D eigenvalue weighted by Crippen LogP contribution is -2.34. The largest absolute Gasteiger partial charge is 0.388 e. The van der Waals surface area contributed by atoms with E-state index in [1.54, 1.807) is 6.33 Å². The zero-order chi connectivity index (χ0) is 17.2. The fourth-order valence-electron chi connectivity index (χ4n) is 3.76. The van der Waals surface area contributed by atoms with Gasteiger partial charge in [-0.2, -0.15) is 0 Å². The highest BCUT2D eigenvalue weighted by Gasteiger charge is 2.26. The minimum atomic E-state index is -0.0725. The number of hydrogen-bond donors (Lipinski definition) is 1. The molecule has 2 aromatic rings. The highest BCUT2D eigenvalue weighted by atomic mass is 16.5. The molecule has 2 aromatic heterocycles. The molecular weight excluding hydrogens is 320 g/mol. The van der Waals surface area contributed by atoms with Crippen LogP contribution in [0.2, 0.25) is 0 Å². The summed E-state index contributed by atoms with van der Waals surface area (Å²) in [6.07, 6.45) is 4.72. The number of hydrogen-bond acceptors (Lipinski definition) is 7. The van der Waals surface area contributed by atoms with Gasteiger partial charge in [0.1, 0.15) is 24.6 Å². The molecule has 0 bridgehead atoms. The van der Waals surface area contributed by atoms with Crippen LogP contribution in [0.4, 0.5) is 5.82 Å². The van der Waals surface area contributed by atoms with Crippen molar-refractivity contribution in [2.75, 3.05) is 31.2 Å². The Kier molecular flexibility index (Phi) is 4.63. The number of rotatable bonds is 4. The first-order chi connectivity index (χ1) is 12.3. The van der Waals surface area contributed by atoms with Crippen LogP contribution in [-0.2, 0) is 18.4 Å². The molecule has 4 heterocycles. The Morgan fingerprint density at radius 1 is 1.16 bits per heavy atom. The third-order valence-electron chi connectivity index (χ3n) is 5.35. The summed E-state index contributed by atoms with van der Waals surface area (Å²) in [5.41, 5.74) is 1.09. The number of aliphatic hydroxyl groups excluding tert-OH is 1. The molecule has 2 aliphatic heterocycles. The number of aromatic nitrogens is 5. The molecule has 8 heteroatoms. The van der Waals surface area contributed by atoms with Crippen LogP contribution in [0.3, 0.4) is 0 Å². The van der Waals surface area contributed by atoms with Crippen molar-refractivity contribution >= 4 is 5.82 Å². The zero-order valence-corrected chi connectivity index (χ0v) is 14.5. The third-order valence-corrected chi connectivity index (χ3v) is 5.35. The Labute approximate surface area is 146 Å². The third kappa shape index (κ3) is 3.23. The second-order valence-corrected chi connectivity index (χ2v) is 6.81. The van der Waals surface area contributed by atoms with E-state index in [9.17, 15) is 5.11 Å². The topological polar surface area (TPSA) is 89.2 Å². The van der Waals surface area contributed by atoms with Crippen molar-refractivity contribution in [3.05, 3.63) is 29.7 Å². The monoisotopic (exact) mass is 344 g/mol. The summed E-state index contributed by atoms with van der Waals surface area (Å²) in [6, 6.07) is 2.12. The summed E-state index contributed by atoms with van der Waals surface area (Å²) in [6.45, 7) is 3.38. The van der Waals surface area contributed by atoms with Crippen molar-refractivity contribution in [3.8, 4) is 0 Å². The van der Waals surface area contributed by atoms with Crippen LogP contribution in [0.25, 0.3) is 0 Å². The van der Waals surface area contributed by atoms with Crippen LogP contribution < -0.4 is 4.90 Å². The Morgan fingerprint density at radius 3 is 2.68 bits per heavy atom. The van der Waals surface area contributed by atoms with Gasteiger partial charge >= 0.3 is 0 Å². The summed E-state index contributed by atoms with van der Waals surface area (Å²) in [5, 5.41) is 17.6. The first kappa shape index (κ1) is 16.4. The molecule has 0 radical (unpaired) electrons. The van der Waals surface area contributed by atoms with E-state index in [2.05, 4.69) is 31.1 Å². The van der Waals surface area contributed by atoms with Crippen molar-refractivity contribution in [1.29, 1.82) is 0 Å². The molecule has 8 nitrogen and oxygen atoms in total. The molecule has 1 unspecified atom stereocenters. The van der Waals surface area contributed by atoms with Gasteiger partial charge in [0.15, 0.2) is 5.82 Å². The summed E-state index contributed by atoms with van der Waals surface area (Å²) in [5.74, 6) is 3.37. The van der Waals surface area contributed by atoms with Gasteiger partial charge in [0.25, 0.3) is 0 Å². The van der Waals surface area contributed by atoms with E-state index >= 15 is 0 Å². The van der Waals surface area contributed by atoms with Crippen LogP contribution in [0.5, 0.6) is 0 Å². The van der Waals surface area contributed by atoms with Crippen LogP contribution in [0, 0.1) is 0 Å². The second kappa shape index (κ2) is 7.05. The Morgan fingerprint density at radius 2 is 2.00 bits per heavy atom. The molecule has 134 valence electrons. The van der Waals surface area contributed by atoms with Crippen molar-refractivity contribution in [2.24, 2.45) is 7.05 Å². The molecule has 4 rings (SSSR count). The molecule has 2 fully saturated rings. The molecule has 2 saturated heterocycles. The predicted octanol–water partition coefficient (Wildman–Crippen LogP) is 0.985. The standard InChI is InChI=1S/C17H24N6O2/c1-22-16(9-24)20-21-17(22)12-2-5-23(6-3-12)15-8-14(18-11-19-15)13-4-7-25-10-13/h8,11-13,24H,2-7,9-10H2,1H3. The molecule has 1 N–H and O–H groups in total. The van der Waals surface area contributed by atoms with Gasteiger partial charge < -0.3 is 19.3 Å². The quantitative estimate of drug-likeness (QED) is 0.884. The molecule has 0 amide bonds. The van der Waals surface area contributed by atoms with Gasteiger partial charge in [-0.1, -0.05) is 0 Å². The lowest BCUT2D eigenvalue weighted by atomic mass is 9.95. The van der Waals surface area contributed by atoms with Crippen LogP contribution >= 0.6 is 0 Å². The van der Waals surface area contributed by atoms with Gasteiger partial charge in [0, 0.05) is 44.6 Å². The first-order valence-electron chi connectivity index (χ1n) is 8.90. The maximum Gasteiger partial charge on any atom is 0.158 e. The van der Waals surface area contributed by atoms with Gasteiger partial charge in [0.05, 0.1) is 12.3 Å². The summed E-state index contributed by atoms with van der Waals surface area (Å²) < 4.78 is 7.40. The summed E-state index contributed by atoms with van der Waals surface area (Å²) >= 11 is 0. The molecule has 25 heavy (non-hydrogen) atoms. The van der Waals surface area contributed by atoms with E-state index in [4.69, 9.17) is 4.74 Å². The summed E-state index contributed by atoms with van der Waals surface area (Å²) in [4.78, 5) is 11.2.